The number of rotatable bonds is 12. The van der Waals surface area contributed by atoms with Gasteiger partial charge in [-0.15, -0.1) is 0 Å². The number of hydrogen-bond donors (Lipinski definition) is 4. The van der Waals surface area contributed by atoms with Crippen LogP contribution in [-0.2, 0) is 32.4 Å². The van der Waals surface area contributed by atoms with Gasteiger partial charge in [0.2, 0.25) is 11.8 Å². The molecule has 0 unspecified atom stereocenters. The Balaban J connectivity index is 1.37. The molecule has 0 radical (unpaired) electrons. The van der Waals surface area contributed by atoms with E-state index < -0.39 is 9.84 Å². The number of carbonyl (C=O) groups excluding carboxylic acids is 2. The SMILES string of the molecule is CCS(=O)(=O)c1ccc(NC(=O)CCCc2ccccc2C)cc1CNC(=O)CNc1ccc2c(N)nccc2c1. The molecule has 214 valence electrons. The summed E-state index contributed by atoms with van der Waals surface area (Å²) in [6.07, 6.45) is 3.44. The maximum Gasteiger partial charge on any atom is 0.239 e. The fourth-order valence-corrected chi connectivity index (χ4v) is 5.67. The summed E-state index contributed by atoms with van der Waals surface area (Å²) < 4.78 is 25.4. The predicted octanol–water partition coefficient (Wildman–Crippen LogP) is 4.61. The zero-order chi connectivity index (χ0) is 29.4. The van der Waals surface area contributed by atoms with E-state index in [1.807, 2.05) is 36.4 Å². The van der Waals surface area contributed by atoms with Gasteiger partial charge >= 0.3 is 0 Å². The lowest BCUT2D eigenvalue weighted by Crippen LogP contribution is -2.30. The smallest absolute Gasteiger partial charge is 0.239 e. The maximum absolute atomic E-state index is 12.7. The van der Waals surface area contributed by atoms with Gasteiger partial charge in [-0.3, -0.25) is 9.59 Å². The van der Waals surface area contributed by atoms with Crippen molar-refractivity contribution in [3.63, 3.8) is 0 Å². The van der Waals surface area contributed by atoms with Crippen LogP contribution in [-0.4, -0.2) is 37.5 Å². The number of aryl methyl sites for hydroxylation is 2. The summed E-state index contributed by atoms with van der Waals surface area (Å²) in [5, 5.41) is 10.4. The van der Waals surface area contributed by atoms with Crippen molar-refractivity contribution in [3.05, 3.63) is 89.6 Å². The predicted molar refractivity (Wildman–Crippen MR) is 163 cm³/mol. The number of sulfone groups is 1. The number of nitrogens with zero attached hydrogens (tertiary/aromatic N) is 1. The molecular formula is C31H35N5O4S. The number of anilines is 3. The number of aromatic nitrogens is 1. The summed E-state index contributed by atoms with van der Waals surface area (Å²) in [5.41, 5.74) is 9.93. The zero-order valence-corrected chi connectivity index (χ0v) is 24.1. The highest BCUT2D eigenvalue weighted by atomic mass is 32.2. The molecule has 0 saturated heterocycles. The second-order valence-electron chi connectivity index (χ2n) is 9.82. The average molecular weight is 574 g/mol. The van der Waals surface area contributed by atoms with Gasteiger partial charge in [0.05, 0.1) is 17.2 Å². The molecule has 0 atom stereocenters. The maximum atomic E-state index is 12.7. The Labute approximate surface area is 240 Å². The van der Waals surface area contributed by atoms with Crippen LogP contribution in [0, 0.1) is 6.92 Å². The number of fused-ring (bicyclic) bond motifs is 1. The van der Waals surface area contributed by atoms with Crippen LogP contribution in [0.3, 0.4) is 0 Å². The molecule has 0 aliphatic carbocycles. The van der Waals surface area contributed by atoms with Crippen LogP contribution in [0.25, 0.3) is 10.8 Å². The highest BCUT2D eigenvalue weighted by Crippen LogP contribution is 2.24. The van der Waals surface area contributed by atoms with Crippen molar-refractivity contribution in [1.29, 1.82) is 0 Å². The van der Waals surface area contributed by atoms with Crippen LogP contribution in [0.15, 0.2) is 77.8 Å². The van der Waals surface area contributed by atoms with Crippen molar-refractivity contribution in [3.8, 4) is 0 Å². The van der Waals surface area contributed by atoms with Crippen molar-refractivity contribution >= 4 is 49.6 Å². The first-order valence-electron chi connectivity index (χ1n) is 13.5. The van der Waals surface area contributed by atoms with Crippen LogP contribution in [0.1, 0.15) is 36.5 Å². The van der Waals surface area contributed by atoms with Crippen LogP contribution in [0.4, 0.5) is 17.2 Å². The third-order valence-corrected chi connectivity index (χ3v) is 8.72. The highest BCUT2D eigenvalue weighted by Gasteiger charge is 2.18. The van der Waals surface area contributed by atoms with E-state index in [0.29, 0.717) is 29.9 Å². The number of benzene rings is 3. The van der Waals surface area contributed by atoms with E-state index in [1.165, 1.54) is 17.2 Å². The molecule has 1 aromatic heterocycles. The average Bonchev–Trinajstić information content (AvgIpc) is 2.96. The molecule has 2 amide bonds. The van der Waals surface area contributed by atoms with E-state index in [-0.39, 0.29) is 35.6 Å². The fourth-order valence-electron chi connectivity index (χ4n) is 4.56. The van der Waals surface area contributed by atoms with Crippen molar-refractivity contribution in [2.24, 2.45) is 0 Å². The standard InChI is InChI=1S/C31H35N5O4S/c1-3-41(39,40)28-14-12-26(36-29(37)10-6-9-22-8-5-4-7-21(22)2)18-24(28)19-35-30(38)20-34-25-11-13-27-23(17-25)15-16-33-31(27)32/h4-5,7-8,11-18,34H,3,6,9-10,19-20H2,1-2H3,(H2,32,33)(H,35,38)(H,36,37). The summed E-state index contributed by atoms with van der Waals surface area (Å²) in [4.78, 5) is 29.4. The van der Waals surface area contributed by atoms with Gasteiger partial charge in [-0.25, -0.2) is 13.4 Å². The number of nitrogens with one attached hydrogen (secondary N) is 3. The Morgan fingerprint density at radius 1 is 0.927 bits per heavy atom. The second kappa shape index (κ2) is 13.3. The molecule has 0 aliphatic rings. The molecule has 0 spiro atoms. The normalized spacial score (nSPS) is 11.3. The lowest BCUT2D eigenvalue weighted by atomic mass is 10.0. The number of carbonyl (C=O) groups is 2. The minimum absolute atomic E-state index is 0.00794. The summed E-state index contributed by atoms with van der Waals surface area (Å²) in [6, 6.07) is 20.1. The van der Waals surface area contributed by atoms with Crippen molar-refractivity contribution in [2.45, 2.75) is 44.6 Å². The topological polar surface area (TPSA) is 143 Å². The number of amides is 2. The van der Waals surface area contributed by atoms with Crippen LogP contribution in [0.2, 0.25) is 0 Å². The van der Waals surface area contributed by atoms with E-state index >= 15 is 0 Å². The molecule has 4 rings (SSSR count). The monoisotopic (exact) mass is 573 g/mol. The third kappa shape index (κ3) is 7.82. The quantitative estimate of drug-likeness (QED) is 0.194. The van der Waals surface area contributed by atoms with E-state index in [0.717, 1.165) is 22.9 Å². The van der Waals surface area contributed by atoms with Crippen LogP contribution >= 0.6 is 0 Å². The van der Waals surface area contributed by atoms with E-state index in [1.54, 1.807) is 25.3 Å². The Morgan fingerprint density at radius 2 is 1.71 bits per heavy atom. The molecular weight excluding hydrogens is 538 g/mol. The fraction of sp³-hybridized carbons (Fsp3) is 0.258. The lowest BCUT2D eigenvalue weighted by Gasteiger charge is -2.14. The molecule has 10 heteroatoms. The van der Waals surface area contributed by atoms with Crippen molar-refractivity contribution in [2.75, 3.05) is 28.7 Å². The third-order valence-electron chi connectivity index (χ3n) is 6.89. The number of pyridine rings is 1. The number of nitrogen functional groups attached to an aromatic ring is 1. The molecule has 9 nitrogen and oxygen atoms in total. The molecule has 1 heterocycles. The van der Waals surface area contributed by atoms with E-state index in [4.69, 9.17) is 5.73 Å². The summed E-state index contributed by atoms with van der Waals surface area (Å²) >= 11 is 0. The first kappa shape index (κ1) is 29.5. The van der Waals surface area contributed by atoms with Crippen LogP contribution in [0.5, 0.6) is 0 Å². The van der Waals surface area contributed by atoms with Crippen LogP contribution < -0.4 is 21.7 Å². The van der Waals surface area contributed by atoms with E-state index in [2.05, 4.69) is 40.0 Å². The summed E-state index contributed by atoms with van der Waals surface area (Å²) in [5.74, 6) is -0.116. The molecule has 0 bridgehead atoms. The Morgan fingerprint density at radius 3 is 2.49 bits per heavy atom. The number of nitrogens with two attached hydrogens (primary N) is 1. The summed E-state index contributed by atoms with van der Waals surface area (Å²) in [7, 11) is -3.55. The largest absolute Gasteiger partial charge is 0.383 e. The van der Waals surface area contributed by atoms with Crippen molar-refractivity contribution < 1.29 is 18.0 Å². The Hall–Kier alpha value is -4.44. The first-order valence-corrected chi connectivity index (χ1v) is 15.2. The van der Waals surface area contributed by atoms with Gasteiger partial charge in [0.25, 0.3) is 0 Å². The second-order valence-corrected chi connectivity index (χ2v) is 12.1. The zero-order valence-electron chi connectivity index (χ0n) is 23.2. The van der Waals surface area contributed by atoms with Gasteiger partial charge in [-0.1, -0.05) is 31.2 Å². The molecule has 41 heavy (non-hydrogen) atoms. The van der Waals surface area contributed by atoms with E-state index in [9.17, 15) is 18.0 Å². The molecule has 0 fully saturated rings. The van der Waals surface area contributed by atoms with Crippen molar-refractivity contribution in [1.82, 2.24) is 10.3 Å². The van der Waals surface area contributed by atoms with Gasteiger partial charge in [0, 0.05) is 35.9 Å². The van der Waals surface area contributed by atoms with Gasteiger partial charge in [0.1, 0.15) is 5.82 Å². The molecule has 0 aliphatic heterocycles. The molecule has 4 aromatic rings. The molecule has 5 N–H and O–H groups in total. The molecule has 3 aromatic carbocycles. The Kier molecular flexibility index (Phi) is 9.57. The lowest BCUT2D eigenvalue weighted by molar-refractivity contribution is -0.119. The number of hydrogen-bond acceptors (Lipinski definition) is 7. The highest BCUT2D eigenvalue weighted by molar-refractivity contribution is 7.91. The van der Waals surface area contributed by atoms with Gasteiger partial charge in [-0.05, 0) is 84.3 Å². The van der Waals surface area contributed by atoms with Gasteiger partial charge < -0.3 is 21.7 Å². The first-order chi connectivity index (χ1) is 19.7. The minimum Gasteiger partial charge on any atom is -0.383 e. The van der Waals surface area contributed by atoms with Gasteiger partial charge in [-0.2, -0.15) is 0 Å². The minimum atomic E-state index is -3.55. The molecule has 0 saturated carbocycles. The Bertz CT molecular complexity index is 1670. The van der Waals surface area contributed by atoms with Gasteiger partial charge in [0.15, 0.2) is 9.84 Å². The summed E-state index contributed by atoms with van der Waals surface area (Å²) in [6.45, 7) is 3.60.